The summed E-state index contributed by atoms with van der Waals surface area (Å²) in [5.41, 5.74) is 6.60. The second-order valence-corrected chi connectivity index (χ2v) is 4.56. The minimum Gasteiger partial charge on any atom is -0.398 e. The highest BCUT2D eigenvalue weighted by atomic mass is 35.5. The van der Waals surface area contributed by atoms with E-state index in [1.807, 2.05) is 0 Å². The van der Waals surface area contributed by atoms with E-state index in [2.05, 4.69) is 5.32 Å². The Morgan fingerprint density at radius 3 is 3.00 bits per heavy atom. The molecule has 1 saturated heterocycles. The zero-order chi connectivity index (χ0) is 12.3. The van der Waals surface area contributed by atoms with E-state index in [0.29, 0.717) is 22.9 Å². The number of benzene rings is 1. The summed E-state index contributed by atoms with van der Waals surface area (Å²) in [6.45, 7) is 1.34. The topological polar surface area (TPSA) is 64.4 Å². The van der Waals surface area contributed by atoms with Gasteiger partial charge < -0.3 is 15.8 Å². The van der Waals surface area contributed by atoms with Crippen molar-refractivity contribution in [2.24, 2.45) is 0 Å². The van der Waals surface area contributed by atoms with E-state index in [9.17, 15) is 4.79 Å². The van der Waals surface area contributed by atoms with Gasteiger partial charge in [0.05, 0.1) is 18.2 Å². The molecule has 4 nitrogen and oxygen atoms in total. The number of carbonyl (C=O) groups is 1. The maximum absolute atomic E-state index is 12.0. The van der Waals surface area contributed by atoms with E-state index >= 15 is 0 Å². The molecular formula is C12H15ClN2O2. The lowest BCUT2D eigenvalue weighted by Gasteiger charge is -2.23. The van der Waals surface area contributed by atoms with Crippen LogP contribution in [0.1, 0.15) is 23.2 Å². The van der Waals surface area contributed by atoms with Crippen LogP contribution in [0.25, 0.3) is 0 Å². The molecule has 5 heteroatoms. The van der Waals surface area contributed by atoms with Gasteiger partial charge in [-0.15, -0.1) is 0 Å². The SMILES string of the molecule is Nc1cc(Cl)ccc1C(=O)NC1CCCOC1. The predicted octanol–water partition coefficient (Wildman–Crippen LogP) is 1.83. The Morgan fingerprint density at radius 1 is 1.53 bits per heavy atom. The summed E-state index contributed by atoms with van der Waals surface area (Å²) < 4.78 is 5.30. The Bertz CT molecular complexity index is 417. The normalized spacial score (nSPS) is 19.9. The molecule has 92 valence electrons. The first-order valence-corrected chi connectivity index (χ1v) is 5.98. The van der Waals surface area contributed by atoms with Gasteiger partial charge in [-0.2, -0.15) is 0 Å². The molecule has 1 atom stereocenters. The number of hydrogen-bond donors (Lipinski definition) is 2. The number of hydrogen-bond acceptors (Lipinski definition) is 3. The Morgan fingerprint density at radius 2 is 2.35 bits per heavy atom. The van der Waals surface area contributed by atoms with Gasteiger partial charge in [-0.05, 0) is 31.0 Å². The molecule has 1 aromatic carbocycles. The van der Waals surface area contributed by atoms with Crippen molar-refractivity contribution in [2.75, 3.05) is 18.9 Å². The Kier molecular flexibility index (Phi) is 3.86. The van der Waals surface area contributed by atoms with Gasteiger partial charge in [0.25, 0.3) is 5.91 Å². The summed E-state index contributed by atoms with van der Waals surface area (Å²) >= 11 is 5.78. The largest absolute Gasteiger partial charge is 0.398 e. The summed E-state index contributed by atoms with van der Waals surface area (Å²) in [5.74, 6) is -0.172. The number of nitrogens with two attached hydrogens (primary N) is 1. The van der Waals surface area contributed by atoms with Crippen LogP contribution in [0.5, 0.6) is 0 Å². The van der Waals surface area contributed by atoms with Crippen LogP contribution in [0.15, 0.2) is 18.2 Å². The van der Waals surface area contributed by atoms with E-state index in [-0.39, 0.29) is 11.9 Å². The van der Waals surface area contributed by atoms with E-state index in [4.69, 9.17) is 22.1 Å². The quantitative estimate of drug-likeness (QED) is 0.792. The van der Waals surface area contributed by atoms with Crippen molar-refractivity contribution in [3.8, 4) is 0 Å². The molecule has 0 aliphatic carbocycles. The molecule has 3 N–H and O–H groups in total. The Balaban J connectivity index is 2.03. The third-order valence-corrected chi connectivity index (χ3v) is 2.99. The standard InChI is InChI=1S/C12H15ClN2O2/c13-8-3-4-10(11(14)6-8)12(16)15-9-2-1-5-17-7-9/h3-4,6,9H,1-2,5,7,14H2,(H,15,16). The molecule has 0 bridgehead atoms. The third-order valence-electron chi connectivity index (χ3n) is 2.75. The first kappa shape index (κ1) is 12.2. The maximum atomic E-state index is 12.0. The number of halogens is 1. The maximum Gasteiger partial charge on any atom is 0.253 e. The van der Waals surface area contributed by atoms with Crippen LogP contribution in [-0.2, 0) is 4.74 Å². The fraction of sp³-hybridized carbons (Fsp3) is 0.417. The van der Waals surface area contributed by atoms with Crippen LogP contribution in [0.4, 0.5) is 5.69 Å². The number of nitrogens with one attached hydrogen (secondary N) is 1. The van der Waals surface area contributed by atoms with Gasteiger partial charge in [-0.1, -0.05) is 11.6 Å². The number of rotatable bonds is 2. The lowest BCUT2D eigenvalue weighted by atomic mass is 10.1. The molecule has 0 aromatic heterocycles. The first-order chi connectivity index (χ1) is 8.16. The molecule has 0 spiro atoms. The Hall–Kier alpha value is -1.26. The molecule has 1 fully saturated rings. The molecule has 1 aliphatic rings. The summed E-state index contributed by atoms with van der Waals surface area (Å²) in [5, 5.41) is 3.44. The number of ether oxygens (including phenoxy) is 1. The average Bonchev–Trinajstić information content (AvgIpc) is 2.30. The van der Waals surface area contributed by atoms with Gasteiger partial charge in [-0.25, -0.2) is 0 Å². The second-order valence-electron chi connectivity index (χ2n) is 4.12. The lowest BCUT2D eigenvalue weighted by molar-refractivity contribution is 0.0624. The smallest absolute Gasteiger partial charge is 0.253 e. The van der Waals surface area contributed by atoms with Crippen molar-refractivity contribution in [3.63, 3.8) is 0 Å². The van der Waals surface area contributed by atoms with Gasteiger partial charge in [0.15, 0.2) is 0 Å². The van der Waals surface area contributed by atoms with Gasteiger partial charge in [0.1, 0.15) is 0 Å². The molecule has 1 aliphatic heterocycles. The zero-order valence-corrected chi connectivity index (χ0v) is 10.2. The molecule has 1 heterocycles. The average molecular weight is 255 g/mol. The molecule has 1 unspecified atom stereocenters. The van der Waals surface area contributed by atoms with Gasteiger partial charge in [0, 0.05) is 17.3 Å². The van der Waals surface area contributed by atoms with Gasteiger partial charge in [0.2, 0.25) is 0 Å². The first-order valence-electron chi connectivity index (χ1n) is 5.60. The van der Waals surface area contributed by atoms with Crippen molar-refractivity contribution < 1.29 is 9.53 Å². The van der Waals surface area contributed by atoms with Crippen molar-refractivity contribution in [3.05, 3.63) is 28.8 Å². The molecule has 1 aromatic rings. The fourth-order valence-corrected chi connectivity index (χ4v) is 2.04. The summed E-state index contributed by atoms with van der Waals surface area (Å²) in [6.07, 6.45) is 1.92. The fourth-order valence-electron chi connectivity index (χ4n) is 1.86. The Labute approximate surface area is 105 Å². The lowest BCUT2D eigenvalue weighted by Crippen LogP contribution is -2.40. The second kappa shape index (κ2) is 5.38. The highest BCUT2D eigenvalue weighted by Crippen LogP contribution is 2.18. The molecule has 2 rings (SSSR count). The highest BCUT2D eigenvalue weighted by molar-refractivity contribution is 6.31. The van der Waals surface area contributed by atoms with Gasteiger partial charge in [-0.3, -0.25) is 4.79 Å². The summed E-state index contributed by atoms with van der Waals surface area (Å²) in [7, 11) is 0. The van der Waals surface area contributed by atoms with Gasteiger partial charge >= 0.3 is 0 Å². The molecule has 1 amide bonds. The molecule has 17 heavy (non-hydrogen) atoms. The van der Waals surface area contributed by atoms with Crippen LogP contribution in [-0.4, -0.2) is 25.2 Å². The van der Waals surface area contributed by atoms with Crippen LogP contribution in [0, 0.1) is 0 Å². The van der Waals surface area contributed by atoms with Crippen LogP contribution in [0.3, 0.4) is 0 Å². The summed E-state index contributed by atoms with van der Waals surface area (Å²) in [6, 6.07) is 4.95. The number of nitrogen functional groups attached to an aromatic ring is 1. The van der Waals surface area contributed by atoms with Crippen LogP contribution < -0.4 is 11.1 Å². The van der Waals surface area contributed by atoms with E-state index < -0.39 is 0 Å². The van der Waals surface area contributed by atoms with Crippen LogP contribution in [0.2, 0.25) is 5.02 Å². The van der Waals surface area contributed by atoms with Crippen LogP contribution >= 0.6 is 11.6 Å². The molecule has 0 saturated carbocycles. The van der Waals surface area contributed by atoms with Crippen molar-refractivity contribution in [2.45, 2.75) is 18.9 Å². The highest BCUT2D eigenvalue weighted by Gasteiger charge is 2.18. The number of anilines is 1. The van der Waals surface area contributed by atoms with Crippen molar-refractivity contribution >= 4 is 23.2 Å². The molecule has 0 radical (unpaired) electrons. The predicted molar refractivity (Wildman–Crippen MR) is 67.2 cm³/mol. The van der Waals surface area contributed by atoms with E-state index in [0.717, 1.165) is 19.4 Å². The number of amides is 1. The van der Waals surface area contributed by atoms with Crippen molar-refractivity contribution in [1.82, 2.24) is 5.32 Å². The van der Waals surface area contributed by atoms with E-state index in [1.165, 1.54) is 0 Å². The van der Waals surface area contributed by atoms with E-state index in [1.54, 1.807) is 18.2 Å². The number of carbonyl (C=O) groups excluding carboxylic acids is 1. The minimum absolute atomic E-state index is 0.0753. The monoisotopic (exact) mass is 254 g/mol. The molecular weight excluding hydrogens is 240 g/mol. The zero-order valence-electron chi connectivity index (χ0n) is 9.41. The van der Waals surface area contributed by atoms with Crippen molar-refractivity contribution in [1.29, 1.82) is 0 Å². The summed E-state index contributed by atoms with van der Waals surface area (Å²) in [4.78, 5) is 12.0. The third kappa shape index (κ3) is 3.11. The minimum atomic E-state index is -0.172.